The highest BCUT2D eigenvalue weighted by molar-refractivity contribution is 8.18. The van der Waals surface area contributed by atoms with Gasteiger partial charge in [-0.3, -0.25) is 19.3 Å². The van der Waals surface area contributed by atoms with Crippen LogP contribution in [0.15, 0.2) is 59.5 Å². The van der Waals surface area contributed by atoms with Crippen molar-refractivity contribution in [1.82, 2.24) is 10.2 Å². The van der Waals surface area contributed by atoms with Gasteiger partial charge in [0.15, 0.2) is 0 Å². The molecule has 9 heteroatoms. The van der Waals surface area contributed by atoms with Gasteiger partial charge in [0.2, 0.25) is 0 Å². The van der Waals surface area contributed by atoms with Gasteiger partial charge in [-0.25, -0.2) is 0 Å². The van der Waals surface area contributed by atoms with Gasteiger partial charge in [-0.1, -0.05) is 30.3 Å². The van der Waals surface area contributed by atoms with Crippen molar-refractivity contribution in [2.45, 2.75) is 6.18 Å². The Balaban J connectivity index is 1.56. The Kier molecular flexibility index (Phi) is 6.07. The summed E-state index contributed by atoms with van der Waals surface area (Å²) in [6.07, 6.45) is -2.86. The van der Waals surface area contributed by atoms with Crippen LogP contribution >= 0.6 is 11.8 Å². The quantitative estimate of drug-likeness (QED) is 0.738. The maximum absolute atomic E-state index is 12.6. The number of hydrogen-bond acceptors (Lipinski definition) is 4. The van der Waals surface area contributed by atoms with Crippen LogP contribution in [-0.2, 0) is 11.0 Å². The second kappa shape index (κ2) is 8.52. The molecule has 29 heavy (non-hydrogen) atoms. The van der Waals surface area contributed by atoms with Gasteiger partial charge < -0.3 is 5.32 Å². The normalized spacial score (nSPS) is 15.8. The molecule has 1 N–H and O–H groups in total. The van der Waals surface area contributed by atoms with Crippen LogP contribution in [0.5, 0.6) is 0 Å². The minimum atomic E-state index is -4.48. The summed E-state index contributed by atoms with van der Waals surface area (Å²) < 4.78 is 37.7. The maximum Gasteiger partial charge on any atom is 0.416 e. The summed E-state index contributed by atoms with van der Waals surface area (Å²) in [6, 6.07) is 12.8. The van der Waals surface area contributed by atoms with Crippen LogP contribution in [0.25, 0.3) is 6.08 Å². The van der Waals surface area contributed by atoms with Gasteiger partial charge in [-0.05, 0) is 47.7 Å². The van der Waals surface area contributed by atoms with Gasteiger partial charge in [-0.2, -0.15) is 13.2 Å². The average Bonchev–Trinajstić information content (AvgIpc) is 2.95. The van der Waals surface area contributed by atoms with E-state index in [1.54, 1.807) is 18.2 Å². The van der Waals surface area contributed by atoms with E-state index in [0.29, 0.717) is 0 Å². The Morgan fingerprint density at radius 2 is 1.69 bits per heavy atom. The van der Waals surface area contributed by atoms with E-state index in [1.165, 1.54) is 0 Å². The first kappa shape index (κ1) is 20.7. The highest BCUT2D eigenvalue weighted by atomic mass is 32.2. The minimum Gasteiger partial charge on any atom is -0.350 e. The number of alkyl halides is 3. The summed E-state index contributed by atoms with van der Waals surface area (Å²) in [5.74, 6) is -1.04. The molecular weight excluding hydrogens is 405 g/mol. The van der Waals surface area contributed by atoms with Crippen LogP contribution in [0.1, 0.15) is 21.5 Å². The summed E-state index contributed by atoms with van der Waals surface area (Å²) in [5.41, 5.74) is -0.0122. The van der Waals surface area contributed by atoms with Gasteiger partial charge in [0.1, 0.15) is 0 Å². The number of rotatable bonds is 5. The molecule has 0 atom stereocenters. The van der Waals surface area contributed by atoms with Crippen molar-refractivity contribution in [1.29, 1.82) is 0 Å². The fourth-order valence-corrected chi connectivity index (χ4v) is 3.45. The number of carbonyl (C=O) groups is 3. The zero-order valence-corrected chi connectivity index (χ0v) is 15.7. The first-order valence-corrected chi connectivity index (χ1v) is 9.33. The summed E-state index contributed by atoms with van der Waals surface area (Å²) in [4.78, 5) is 37.8. The molecule has 0 aliphatic carbocycles. The maximum atomic E-state index is 12.6. The average molecular weight is 420 g/mol. The van der Waals surface area contributed by atoms with Crippen LogP contribution in [-0.4, -0.2) is 35.0 Å². The predicted molar refractivity (Wildman–Crippen MR) is 103 cm³/mol. The van der Waals surface area contributed by atoms with Gasteiger partial charge in [0, 0.05) is 18.7 Å². The minimum absolute atomic E-state index is 0.0173. The fourth-order valence-electron chi connectivity index (χ4n) is 2.59. The molecule has 3 rings (SSSR count). The van der Waals surface area contributed by atoms with Gasteiger partial charge in [0.05, 0.1) is 10.5 Å². The van der Waals surface area contributed by atoms with Crippen molar-refractivity contribution in [3.63, 3.8) is 0 Å². The zero-order valence-electron chi connectivity index (χ0n) is 14.9. The second-order valence-corrected chi connectivity index (χ2v) is 7.07. The van der Waals surface area contributed by atoms with E-state index in [-0.39, 0.29) is 23.6 Å². The number of imide groups is 1. The smallest absolute Gasteiger partial charge is 0.350 e. The molecule has 3 amide bonds. The number of halogens is 3. The Morgan fingerprint density at radius 1 is 1.03 bits per heavy atom. The lowest BCUT2D eigenvalue weighted by Gasteiger charge is -2.13. The molecule has 1 aliphatic rings. The van der Waals surface area contributed by atoms with Crippen molar-refractivity contribution >= 4 is 34.9 Å². The number of amides is 3. The van der Waals surface area contributed by atoms with Crippen molar-refractivity contribution in [2.75, 3.05) is 13.1 Å². The topological polar surface area (TPSA) is 66.5 Å². The largest absolute Gasteiger partial charge is 0.416 e. The number of nitrogens with one attached hydrogen (secondary N) is 1. The predicted octanol–water partition coefficient (Wildman–Crippen LogP) is 4.17. The van der Waals surface area contributed by atoms with Crippen molar-refractivity contribution in [2.24, 2.45) is 0 Å². The molecule has 2 aromatic rings. The molecule has 2 aromatic carbocycles. The second-order valence-electron chi connectivity index (χ2n) is 6.08. The molecule has 1 aliphatic heterocycles. The molecule has 5 nitrogen and oxygen atoms in total. The van der Waals surface area contributed by atoms with E-state index in [2.05, 4.69) is 5.32 Å². The van der Waals surface area contributed by atoms with Crippen LogP contribution in [0.3, 0.4) is 0 Å². The number of thioether (sulfide) groups is 1. The van der Waals surface area contributed by atoms with Crippen LogP contribution in [0.4, 0.5) is 18.0 Å². The lowest BCUT2D eigenvalue weighted by molar-refractivity contribution is -0.137. The molecule has 0 spiro atoms. The Bertz CT molecular complexity index is 957. The summed E-state index contributed by atoms with van der Waals surface area (Å²) in [7, 11) is 0. The Morgan fingerprint density at radius 3 is 2.31 bits per heavy atom. The van der Waals surface area contributed by atoms with E-state index < -0.39 is 28.8 Å². The highest BCUT2D eigenvalue weighted by Gasteiger charge is 2.34. The molecule has 0 radical (unpaired) electrons. The van der Waals surface area contributed by atoms with Gasteiger partial charge >= 0.3 is 6.18 Å². The molecule has 1 fully saturated rings. The molecule has 150 valence electrons. The monoisotopic (exact) mass is 420 g/mol. The third kappa shape index (κ3) is 5.05. The van der Waals surface area contributed by atoms with E-state index in [1.807, 2.05) is 18.2 Å². The van der Waals surface area contributed by atoms with Crippen molar-refractivity contribution in [3.8, 4) is 0 Å². The van der Waals surface area contributed by atoms with E-state index in [0.717, 1.165) is 46.5 Å². The first-order valence-electron chi connectivity index (χ1n) is 8.51. The Labute approximate surface area is 168 Å². The number of benzene rings is 2. The SMILES string of the molecule is O=C(NCCN1C(=O)S/C(=C/c2ccccc2)C1=O)c1ccc(C(F)(F)F)cc1. The number of nitrogens with zero attached hydrogens (tertiary/aromatic N) is 1. The molecule has 1 saturated heterocycles. The Hall–Kier alpha value is -3.07. The summed E-state index contributed by atoms with van der Waals surface area (Å²) in [5, 5.41) is 2.05. The number of hydrogen-bond donors (Lipinski definition) is 1. The van der Waals surface area contributed by atoms with E-state index in [9.17, 15) is 27.6 Å². The van der Waals surface area contributed by atoms with E-state index >= 15 is 0 Å². The molecule has 1 heterocycles. The lowest BCUT2D eigenvalue weighted by Crippen LogP contribution is -2.37. The van der Waals surface area contributed by atoms with Crippen molar-refractivity contribution < 1.29 is 27.6 Å². The molecular formula is C20H15F3N2O3S. The van der Waals surface area contributed by atoms with E-state index in [4.69, 9.17) is 0 Å². The third-order valence-corrected chi connectivity index (χ3v) is 4.97. The van der Waals surface area contributed by atoms with Gasteiger partial charge in [0.25, 0.3) is 17.1 Å². The van der Waals surface area contributed by atoms with Crippen LogP contribution in [0.2, 0.25) is 0 Å². The third-order valence-electron chi connectivity index (χ3n) is 4.07. The van der Waals surface area contributed by atoms with Crippen LogP contribution in [0, 0.1) is 0 Å². The fraction of sp³-hybridized carbons (Fsp3) is 0.150. The summed E-state index contributed by atoms with van der Waals surface area (Å²) in [6.45, 7) is -0.0559. The lowest BCUT2D eigenvalue weighted by atomic mass is 10.1. The zero-order chi connectivity index (χ0) is 21.0. The molecule has 0 bridgehead atoms. The first-order chi connectivity index (χ1) is 13.8. The molecule has 0 saturated carbocycles. The molecule has 0 unspecified atom stereocenters. The van der Waals surface area contributed by atoms with Gasteiger partial charge in [-0.15, -0.1) is 0 Å². The van der Waals surface area contributed by atoms with Crippen LogP contribution < -0.4 is 5.32 Å². The number of carbonyl (C=O) groups excluding carboxylic acids is 3. The summed E-state index contributed by atoms with van der Waals surface area (Å²) >= 11 is 0.815. The standard InChI is InChI=1S/C20H15F3N2O3S/c21-20(22,23)15-8-6-14(7-9-15)17(26)24-10-11-25-18(27)16(29-19(25)28)12-13-4-2-1-3-5-13/h1-9,12H,10-11H2,(H,24,26)/b16-12+. The highest BCUT2D eigenvalue weighted by Crippen LogP contribution is 2.32. The molecule has 0 aromatic heterocycles. The van der Waals surface area contributed by atoms with Crippen molar-refractivity contribution in [3.05, 3.63) is 76.2 Å².